The normalized spacial score (nSPS) is 28.1. The van der Waals surface area contributed by atoms with Crippen LogP contribution in [0.5, 0.6) is 0 Å². The smallest absolute Gasteiger partial charge is 0.243 e. The Kier molecular flexibility index (Phi) is 7.62. The van der Waals surface area contributed by atoms with Gasteiger partial charge in [-0.15, -0.1) is 0 Å². The van der Waals surface area contributed by atoms with Crippen molar-refractivity contribution in [2.75, 3.05) is 6.54 Å². The van der Waals surface area contributed by atoms with Crippen LogP contribution in [-0.4, -0.2) is 42.3 Å². The molecule has 4 bridgehead atoms. The highest BCUT2D eigenvalue weighted by Gasteiger charge is 2.55. The van der Waals surface area contributed by atoms with Crippen molar-refractivity contribution in [1.29, 1.82) is 5.41 Å². The Morgan fingerprint density at radius 1 is 0.943 bits per heavy atom. The van der Waals surface area contributed by atoms with Gasteiger partial charge in [0.1, 0.15) is 12.1 Å². The first kappa shape index (κ1) is 25.0. The van der Waals surface area contributed by atoms with Gasteiger partial charge in [0.15, 0.2) is 5.96 Å². The molecule has 0 unspecified atom stereocenters. The highest BCUT2D eigenvalue weighted by atomic mass is 16.2. The molecule has 0 spiro atoms. The van der Waals surface area contributed by atoms with Crippen LogP contribution in [0.4, 0.5) is 0 Å². The highest BCUT2D eigenvalue weighted by molar-refractivity contribution is 5.93. The first-order valence-electron chi connectivity index (χ1n) is 12.8. The zero-order valence-corrected chi connectivity index (χ0v) is 20.2. The molecule has 0 aliphatic heterocycles. The summed E-state index contributed by atoms with van der Waals surface area (Å²) in [5.41, 5.74) is 11.5. The van der Waals surface area contributed by atoms with Gasteiger partial charge < -0.3 is 27.4 Å². The van der Waals surface area contributed by atoms with E-state index in [1.54, 1.807) is 0 Å². The molecule has 2 atom stereocenters. The lowest BCUT2D eigenvalue weighted by Gasteiger charge is -2.55. The molecule has 9 nitrogen and oxygen atoms in total. The monoisotopic (exact) mass is 482 g/mol. The third kappa shape index (κ3) is 6.13. The van der Waals surface area contributed by atoms with Gasteiger partial charge in [-0.2, -0.15) is 0 Å². The van der Waals surface area contributed by atoms with Crippen molar-refractivity contribution < 1.29 is 14.4 Å². The SMILES string of the molecule is N=C(N)NCCC[C@H](NC(=O)C12CC3CC(CC(C3)C1)C2)C(=O)N[C@@H](Cc1ccccc1)C(N)=O. The molecule has 0 aromatic heterocycles. The Morgan fingerprint density at radius 2 is 1.54 bits per heavy atom. The fourth-order valence-corrected chi connectivity index (χ4v) is 6.84. The fraction of sp³-hybridized carbons (Fsp3) is 0.615. The number of primary amides is 1. The van der Waals surface area contributed by atoms with E-state index in [4.69, 9.17) is 16.9 Å². The van der Waals surface area contributed by atoms with E-state index in [0.717, 1.165) is 24.8 Å². The van der Waals surface area contributed by atoms with Crippen LogP contribution in [0.2, 0.25) is 0 Å². The lowest BCUT2D eigenvalue weighted by molar-refractivity contribution is -0.148. The fourth-order valence-electron chi connectivity index (χ4n) is 6.84. The van der Waals surface area contributed by atoms with Gasteiger partial charge in [0.2, 0.25) is 17.7 Å². The number of nitrogens with two attached hydrogens (primary N) is 2. The molecule has 4 fully saturated rings. The van der Waals surface area contributed by atoms with E-state index in [1.165, 1.54) is 19.3 Å². The molecule has 0 radical (unpaired) electrons. The van der Waals surface area contributed by atoms with E-state index < -0.39 is 23.9 Å². The van der Waals surface area contributed by atoms with Crippen molar-refractivity contribution in [2.45, 2.75) is 69.9 Å². The lowest BCUT2D eigenvalue weighted by atomic mass is 9.49. The minimum atomic E-state index is -0.876. The van der Waals surface area contributed by atoms with Crippen LogP contribution < -0.4 is 27.4 Å². The molecule has 35 heavy (non-hydrogen) atoms. The number of hydrogen-bond donors (Lipinski definition) is 6. The van der Waals surface area contributed by atoms with Crippen molar-refractivity contribution in [3.8, 4) is 0 Å². The molecular weight excluding hydrogens is 444 g/mol. The number of guanidine groups is 1. The van der Waals surface area contributed by atoms with Crippen LogP contribution in [-0.2, 0) is 20.8 Å². The quantitative estimate of drug-likeness (QED) is 0.158. The molecule has 0 saturated heterocycles. The van der Waals surface area contributed by atoms with Gasteiger partial charge in [-0.05, 0) is 74.7 Å². The molecule has 5 rings (SSSR count). The number of hydrogen-bond acceptors (Lipinski definition) is 4. The third-order valence-electron chi connectivity index (χ3n) is 8.07. The van der Waals surface area contributed by atoms with Gasteiger partial charge in [0.25, 0.3) is 0 Å². The molecule has 4 saturated carbocycles. The Hall–Kier alpha value is -3.10. The molecule has 0 heterocycles. The summed E-state index contributed by atoms with van der Waals surface area (Å²) in [5.74, 6) is 0.643. The Morgan fingerprint density at radius 3 is 2.09 bits per heavy atom. The Bertz CT molecular complexity index is 914. The molecule has 1 aromatic carbocycles. The maximum Gasteiger partial charge on any atom is 0.243 e. The van der Waals surface area contributed by atoms with Gasteiger partial charge in [0, 0.05) is 18.4 Å². The summed E-state index contributed by atoms with van der Waals surface area (Å²) in [7, 11) is 0. The minimum absolute atomic E-state index is 0.0324. The second kappa shape index (κ2) is 10.7. The van der Waals surface area contributed by atoms with E-state index in [9.17, 15) is 14.4 Å². The van der Waals surface area contributed by atoms with Crippen molar-refractivity contribution in [3.63, 3.8) is 0 Å². The maximum absolute atomic E-state index is 13.6. The van der Waals surface area contributed by atoms with Gasteiger partial charge in [-0.25, -0.2) is 0 Å². The van der Waals surface area contributed by atoms with Crippen molar-refractivity contribution >= 4 is 23.7 Å². The summed E-state index contributed by atoms with van der Waals surface area (Å²) in [6.45, 7) is 0.412. The second-order valence-electron chi connectivity index (χ2n) is 10.9. The summed E-state index contributed by atoms with van der Waals surface area (Å²) in [6.07, 6.45) is 7.57. The molecule has 3 amide bonds. The molecule has 4 aliphatic carbocycles. The third-order valence-corrected chi connectivity index (χ3v) is 8.07. The van der Waals surface area contributed by atoms with Gasteiger partial charge in [-0.1, -0.05) is 30.3 Å². The lowest BCUT2D eigenvalue weighted by Crippen LogP contribution is -2.59. The Balaban J connectivity index is 1.44. The predicted octanol–water partition coefficient (Wildman–Crippen LogP) is 1.16. The molecule has 9 heteroatoms. The zero-order chi connectivity index (χ0) is 25.0. The van der Waals surface area contributed by atoms with Gasteiger partial charge in [0.05, 0.1) is 0 Å². The number of carbonyl (C=O) groups excluding carboxylic acids is 3. The van der Waals surface area contributed by atoms with E-state index in [1.807, 2.05) is 30.3 Å². The Labute approximate surface area is 206 Å². The standard InChI is InChI=1S/C26H38N6O3/c27-22(33)21(12-16-5-2-1-3-6-16)31-23(34)20(7-4-8-30-25(28)29)32-24(35)26-13-17-9-18(14-26)11-19(10-17)15-26/h1-3,5-6,17-21H,4,7-15H2,(H2,27,33)(H,31,34)(H,32,35)(H4,28,29,30)/t17?,18?,19?,20-,21-,26?/m0/s1. The largest absolute Gasteiger partial charge is 0.370 e. The summed E-state index contributed by atoms with van der Waals surface area (Å²) < 4.78 is 0. The van der Waals surface area contributed by atoms with E-state index in [-0.39, 0.29) is 23.7 Å². The molecule has 190 valence electrons. The van der Waals surface area contributed by atoms with E-state index in [2.05, 4.69) is 16.0 Å². The molecule has 1 aromatic rings. The first-order valence-corrected chi connectivity index (χ1v) is 12.8. The summed E-state index contributed by atoms with van der Waals surface area (Å²) in [6, 6.07) is 7.70. The number of carbonyl (C=O) groups is 3. The number of nitrogens with one attached hydrogen (secondary N) is 4. The highest BCUT2D eigenvalue weighted by Crippen LogP contribution is 2.60. The van der Waals surface area contributed by atoms with Crippen LogP contribution in [0.1, 0.15) is 56.9 Å². The van der Waals surface area contributed by atoms with Gasteiger partial charge in [-0.3, -0.25) is 19.8 Å². The molecular formula is C26H38N6O3. The van der Waals surface area contributed by atoms with Crippen molar-refractivity contribution in [1.82, 2.24) is 16.0 Å². The van der Waals surface area contributed by atoms with Crippen LogP contribution in [0.15, 0.2) is 30.3 Å². The maximum atomic E-state index is 13.6. The molecule has 8 N–H and O–H groups in total. The number of benzene rings is 1. The molecule has 4 aliphatic rings. The van der Waals surface area contributed by atoms with Crippen LogP contribution in [0.3, 0.4) is 0 Å². The number of amides is 3. The number of rotatable bonds is 11. The predicted molar refractivity (Wildman–Crippen MR) is 133 cm³/mol. The van der Waals surface area contributed by atoms with E-state index >= 15 is 0 Å². The van der Waals surface area contributed by atoms with Gasteiger partial charge >= 0.3 is 0 Å². The second-order valence-corrected chi connectivity index (χ2v) is 10.9. The average Bonchev–Trinajstić information content (AvgIpc) is 2.80. The van der Waals surface area contributed by atoms with Crippen LogP contribution >= 0.6 is 0 Å². The first-order chi connectivity index (χ1) is 16.7. The van der Waals surface area contributed by atoms with Crippen LogP contribution in [0, 0.1) is 28.6 Å². The summed E-state index contributed by atoms with van der Waals surface area (Å²) in [5, 5.41) is 15.9. The zero-order valence-electron chi connectivity index (χ0n) is 20.2. The van der Waals surface area contributed by atoms with E-state index in [0.29, 0.717) is 37.1 Å². The van der Waals surface area contributed by atoms with Crippen molar-refractivity contribution in [3.05, 3.63) is 35.9 Å². The van der Waals surface area contributed by atoms with Crippen LogP contribution in [0.25, 0.3) is 0 Å². The average molecular weight is 483 g/mol. The van der Waals surface area contributed by atoms with Crippen molar-refractivity contribution in [2.24, 2.45) is 34.6 Å². The summed E-state index contributed by atoms with van der Waals surface area (Å²) in [4.78, 5) is 39.0. The summed E-state index contributed by atoms with van der Waals surface area (Å²) >= 11 is 0. The minimum Gasteiger partial charge on any atom is -0.370 e. The topological polar surface area (TPSA) is 163 Å².